The molecule has 0 aromatic heterocycles. The Morgan fingerprint density at radius 2 is 1.55 bits per heavy atom. The summed E-state index contributed by atoms with van der Waals surface area (Å²) in [6.45, 7) is 1.84. The predicted octanol–water partition coefficient (Wildman–Crippen LogP) is 0.999. The van der Waals surface area contributed by atoms with E-state index in [4.69, 9.17) is 9.47 Å². The maximum absolute atomic E-state index is 12.6. The number of hydrogen-bond donors (Lipinski definition) is 1. The second kappa shape index (κ2) is 8.92. The minimum atomic E-state index is -0.860. The van der Waals surface area contributed by atoms with E-state index in [1.807, 2.05) is 0 Å². The van der Waals surface area contributed by atoms with Gasteiger partial charge in [0.15, 0.2) is 0 Å². The lowest BCUT2D eigenvalue weighted by Gasteiger charge is -2.32. The summed E-state index contributed by atoms with van der Waals surface area (Å²) in [6, 6.07) is 0. The van der Waals surface area contributed by atoms with E-state index in [2.05, 4.69) is 0 Å². The van der Waals surface area contributed by atoms with Gasteiger partial charge in [0.05, 0.1) is 25.0 Å². The number of rotatable bonds is 8. The Balaban J connectivity index is 2.71. The predicted molar refractivity (Wildman–Crippen MR) is 73.4 cm³/mol. The normalized spacial score (nSPS) is 22.5. The number of ether oxygens (including phenoxy) is 2. The highest BCUT2D eigenvalue weighted by Gasteiger charge is 2.37. The molecule has 0 aliphatic heterocycles. The van der Waals surface area contributed by atoms with Crippen molar-refractivity contribution in [3.8, 4) is 0 Å². The second-order valence-corrected chi connectivity index (χ2v) is 5.15. The summed E-state index contributed by atoms with van der Waals surface area (Å²) < 4.78 is 10.0. The van der Waals surface area contributed by atoms with Gasteiger partial charge in [-0.2, -0.15) is 0 Å². The van der Waals surface area contributed by atoms with E-state index in [0.29, 0.717) is 39.1 Å². The van der Waals surface area contributed by atoms with Gasteiger partial charge in [0, 0.05) is 27.3 Å². The first kappa shape index (κ1) is 16.9. The highest BCUT2D eigenvalue weighted by Crippen LogP contribution is 2.31. The van der Waals surface area contributed by atoms with Crippen LogP contribution in [0, 0.1) is 11.8 Å². The Morgan fingerprint density at radius 3 is 2.00 bits per heavy atom. The van der Waals surface area contributed by atoms with Crippen LogP contribution in [0.25, 0.3) is 0 Å². The number of carbonyl (C=O) groups excluding carboxylic acids is 1. The van der Waals surface area contributed by atoms with Gasteiger partial charge < -0.3 is 19.5 Å². The maximum Gasteiger partial charge on any atom is 0.307 e. The summed E-state index contributed by atoms with van der Waals surface area (Å²) in [5.74, 6) is -1.90. The Labute approximate surface area is 120 Å². The third-order valence-corrected chi connectivity index (χ3v) is 3.84. The highest BCUT2D eigenvalue weighted by atomic mass is 16.5. The number of carboxylic acid groups (broad SMARTS) is 1. The molecule has 0 heterocycles. The number of aliphatic carboxylic acids is 1. The molecule has 0 aromatic rings. The highest BCUT2D eigenvalue weighted by molar-refractivity contribution is 5.85. The summed E-state index contributed by atoms with van der Waals surface area (Å²) in [4.78, 5) is 25.5. The molecule has 20 heavy (non-hydrogen) atoms. The van der Waals surface area contributed by atoms with Crippen LogP contribution in [0.4, 0.5) is 0 Å². The van der Waals surface area contributed by atoms with Crippen LogP contribution in [-0.4, -0.2) is 62.4 Å². The molecule has 0 radical (unpaired) electrons. The minimum Gasteiger partial charge on any atom is -0.481 e. The fraction of sp³-hybridized carbons (Fsp3) is 0.857. The van der Waals surface area contributed by atoms with E-state index in [9.17, 15) is 14.7 Å². The van der Waals surface area contributed by atoms with Crippen molar-refractivity contribution in [3.05, 3.63) is 0 Å². The molecule has 2 atom stereocenters. The van der Waals surface area contributed by atoms with Crippen molar-refractivity contribution in [3.63, 3.8) is 0 Å². The number of methoxy groups -OCH3 is 2. The lowest BCUT2D eigenvalue weighted by Crippen LogP contribution is -2.45. The van der Waals surface area contributed by atoms with E-state index in [-0.39, 0.29) is 5.91 Å². The molecule has 1 aliphatic rings. The number of hydrogen-bond acceptors (Lipinski definition) is 4. The first-order valence-electron chi connectivity index (χ1n) is 7.11. The van der Waals surface area contributed by atoms with E-state index in [1.165, 1.54) is 0 Å². The van der Waals surface area contributed by atoms with Crippen LogP contribution in [0.5, 0.6) is 0 Å². The first-order valence-corrected chi connectivity index (χ1v) is 7.11. The van der Waals surface area contributed by atoms with E-state index in [0.717, 1.165) is 12.8 Å². The van der Waals surface area contributed by atoms with Crippen LogP contribution < -0.4 is 0 Å². The van der Waals surface area contributed by atoms with Crippen LogP contribution in [0.3, 0.4) is 0 Å². The standard InChI is InChI=1S/C14H25NO5/c1-19-9-7-15(8-10-20-2)13(16)11-5-3-4-6-12(11)14(17)18/h11-12H,3-10H2,1-2H3,(H,17,18)/t11-,12+/m1/s1. The molecule has 0 bridgehead atoms. The summed E-state index contributed by atoms with van der Waals surface area (Å²) in [6.07, 6.45) is 3.06. The number of nitrogens with zero attached hydrogens (tertiary/aromatic N) is 1. The molecule has 0 spiro atoms. The Hall–Kier alpha value is -1.14. The quantitative estimate of drug-likeness (QED) is 0.720. The maximum atomic E-state index is 12.6. The zero-order valence-corrected chi connectivity index (χ0v) is 12.3. The van der Waals surface area contributed by atoms with E-state index < -0.39 is 17.8 Å². The molecule has 1 saturated carbocycles. The molecule has 0 unspecified atom stereocenters. The van der Waals surface area contributed by atoms with Gasteiger partial charge in [0.25, 0.3) is 0 Å². The average Bonchev–Trinajstić information content (AvgIpc) is 2.46. The zero-order chi connectivity index (χ0) is 15.0. The third-order valence-electron chi connectivity index (χ3n) is 3.84. The molecule has 0 aromatic carbocycles. The monoisotopic (exact) mass is 287 g/mol. The zero-order valence-electron chi connectivity index (χ0n) is 12.3. The van der Waals surface area contributed by atoms with Gasteiger partial charge in [0.2, 0.25) is 5.91 Å². The fourth-order valence-electron chi connectivity index (χ4n) is 2.69. The molecule has 1 fully saturated rings. The van der Waals surface area contributed by atoms with Crippen molar-refractivity contribution in [2.75, 3.05) is 40.5 Å². The van der Waals surface area contributed by atoms with Gasteiger partial charge in [-0.1, -0.05) is 12.8 Å². The molecule has 1 rings (SSSR count). The van der Waals surface area contributed by atoms with Crippen molar-refractivity contribution in [2.45, 2.75) is 25.7 Å². The Kier molecular flexibility index (Phi) is 7.54. The summed E-state index contributed by atoms with van der Waals surface area (Å²) in [7, 11) is 3.17. The smallest absolute Gasteiger partial charge is 0.307 e. The molecule has 6 nitrogen and oxygen atoms in total. The number of amides is 1. The second-order valence-electron chi connectivity index (χ2n) is 5.15. The summed E-state index contributed by atoms with van der Waals surface area (Å²) in [5, 5.41) is 9.27. The largest absolute Gasteiger partial charge is 0.481 e. The third kappa shape index (κ3) is 4.76. The van der Waals surface area contributed by atoms with Gasteiger partial charge in [0.1, 0.15) is 0 Å². The molecule has 0 saturated heterocycles. The lowest BCUT2D eigenvalue weighted by atomic mass is 9.78. The minimum absolute atomic E-state index is 0.0776. The van der Waals surface area contributed by atoms with Crippen molar-refractivity contribution in [2.24, 2.45) is 11.8 Å². The van der Waals surface area contributed by atoms with Crippen molar-refractivity contribution in [1.29, 1.82) is 0 Å². The van der Waals surface area contributed by atoms with Gasteiger partial charge in [-0.05, 0) is 12.8 Å². The summed E-state index contributed by atoms with van der Waals surface area (Å²) >= 11 is 0. The Morgan fingerprint density at radius 1 is 1.05 bits per heavy atom. The topological polar surface area (TPSA) is 76.1 Å². The van der Waals surface area contributed by atoms with Crippen LogP contribution in [0.2, 0.25) is 0 Å². The number of carbonyl (C=O) groups is 2. The van der Waals surface area contributed by atoms with Gasteiger partial charge in [-0.15, -0.1) is 0 Å². The van der Waals surface area contributed by atoms with Gasteiger partial charge >= 0.3 is 5.97 Å². The van der Waals surface area contributed by atoms with Crippen LogP contribution in [0.15, 0.2) is 0 Å². The first-order chi connectivity index (χ1) is 9.61. The van der Waals surface area contributed by atoms with E-state index in [1.54, 1.807) is 19.1 Å². The lowest BCUT2D eigenvalue weighted by molar-refractivity contribution is -0.152. The molecule has 1 amide bonds. The van der Waals surface area contributed by atoms with Crippen LogP contribution >= 0.6 is 0 Å². The van der Waals surface area contributed by atoms with Crippen molar-refractivity contribution >= 4 is 11.9 Å². The average molecular weight is 287 g/mol. The molecule has 1 N–H and O–H groups in total. The molecule has 1 aliphatic carbocycles. The summed E-state index contributed by atoms with van der Waals surface area (Å²) in [5.41, 5.74) is 0. The Bertz CT molecular complexity index is 313. The van der Waals surface area contributed by atoms with Crippen molar-refractivity contribution in [1.82, 2.24) is 4.90 Å². The SMILES string of the molecule is COCCN(CCOC)C(=O)[C@@H]1CCCC[C@@H]1C(=O)O. The fourth-order valence-corrected chi connectivity index (χ4v) is 2.69. The van der Waals surface area contributed by atoms with Gasteiger partial charge in [-0.25, -0.2) is 0 Å². The number of carboxylic acids is 1. The van der Waals surface area contributed by atoms with Crippen LogP contribution in [0.1, 0.15) is 25.7 Å². The molecular weight excluding hydrogens is 262 g/mol. The molecular formula is C14H25NO5. The van der Waals surface area contributed by atoms with Crippen LogP contribution in [-0.2, 0) is 19.1 Å². The molecule has 6 heteroatoms. The van der Waals surface area contributed by atoms with E-state index >= 15 is 0 Å². The van der Waals surface area contributed by atoms with Crippen molar-refractivity contribution < 1.29 is 24.2 Å². The van der Waals surface area contributed by atoms with Gasteiger partial charge in [-0.3, -0.25) is 9.59 Å². The molecule has 116 valence electrons.